The maximum Gasteiger partial charge on any atom is 0.337 e. The normalized spacial score (nSPS) is 10.9. The molecule has 3 rings (SSSR count). The average Bonchev–Trinajstić information content (AvgIpc) is 3.04. The number of hydrogen-bond donors (Lipinski definition) is 1. The van der Waals surface area contributed by atoms with E-state index in [1.807, 2.05) is 16.7 Å². The predicted octanol–water partition coefficient (Wildman–Crippen LogP) is 3.53. The largest absolute Gasteiger partial charge is 0.465 e. The molecule has 0 atom stereocenters. The standard InChI is InChI=1S/C18H20ClN5O2/c1-3-4-9-20-15-14-16(23-18(19)22-15)24(11-21-14)10-12-5-7-13(8-6-12)17(25)26-2/h5-8,11H,3-4,9-10H2,1-2H3,(H,20,22,23). The number of methoxy groups -OCH3 is 1. The number of nitrogens with one attached hydrogen (secondary N) is 1. The minimum Gasteiger partial charge on any atom is -0.465 e. The molecule has 8 heteroatoms. The molecule has 2 aromatic heterocycles. The molecule has 7 nitrogen and oxygen atoms in total. The number of aromatic nitrogens is 4. The van der Waals surface area contributed by atoms with Gasteiger partial charge in [0.1, 0.15) is 0 Å². The summed E-state index contributed by atoms with van der Waals surface area (Å²) < 4.78 is 6.62. The second-order valence-corrected chi connectivity index (χ2v) is 6.19. The molecule has 0 saturated carbocycles. The quantitative estimate of drug-likeness (QED) is 0.387. The molecule has 1 N–H and O–H groups in total. The zero-order valence-electron chi connectivity index (χ0n) is 14.7. The molecule has 0 aliphatic carbocycles. The number of esters is 1. The number of imidazole rings is 1. The lowest BCUT2D eigenvalue weighted by atomic mass is 10.1. The molecule has 0 amide bonds. The molecule has 0 aliphatic rings. The Hall–Kier alpha value is -2.67. The number of benzene rings is 1. The molecule has 0 bridgehead atoms. The number of fused-ring (bicyclic) bond motifs is 1. The van der Waals surface area contributed by atoms with Crippen molar-refractivity contribution in [1.82, 2.24) is 19.5 Å². The molecule has 136 valence electrons. The maximum absolute atomic E-state index is 11.5. The fraction of sp³-hybridized carbons (Fsp3) is 0.333. The first kappa shape index (κ1) is 18.1. The minimum atomic E-state index is -0.355. The Kier molecular flexibility index (Phi) is 5.68. The number of hydrogen-bond acceptors (Lipinski definition) is 6. The highest BCUT2D eigenvalue weighted by Crippen LogP contribution is 2.22. The summed E-state index contributed by atoms with van der Waals surface area (Å²) in [5.41, 5.74) is 2.88. The number of nitrogens with zero attached hydrogens (tertiary/aromatic N) is 4. The Labute approximate surface area is 156 Å². The van der Waals surface area contributed by atoms with Crippen LogP contribution in [0.15, 0.2) is 30.6 Å². The van der Waals surface area contributed by atoms with Crippen LogP contribution in [0.1, 0.15) is 35.7 Å². The van der Waals surface area contributed by atoms with Gasteiger partial charge in [0.2, 0.25) is 5.28 Å². The van der Waals surface area contributed by atoms with Crippen molar-refractivity contribution in [2.24, 2.45) is 0 Å². The average molecular weight is 374 g/mol. The summed E-state index contributed by atoms with van der Waals surface area (Å²) in [7, 11) is 1.36. The summed E-state index contributed by atoms with van der Waals surface area (Å²) in [5, 5.41) is 3.45. The molecule has 0 fully saturated rings. The number of ether oxygens (including phenoxy) is 1. The van der Waals surface area contributed by atoms with Gasteiger partial charge in [0, 0.05) is 6.54 Å². The number of anilines is 1. The lowest BCUT2D eigenvalue weighted by molar-refractivity contribution is 0.0600. The monoisotopic (exact) mass is 373 g/mol. The van der Waals surface area contributed by atoms with Crippen LogP contribution in [-0.2, 0) is 11.3 Å². The summed E-state index contributed by atoms with van der Waals surface area (Å²) in [6.45, 7) is 3.49. The summed E-state index contributed by atoms with van der Waals surface area (Å²) in [4.78, 5) is 24.5. The van der Waals surface area contributed by atoms with Crippen LogP contribution in [0.25, 0.3) is 11.2 Å². The van der Waals surface area contributed by atoms with Gasteiger partial charge in [-0.2, -0.15) is 9.97 Å². The number of rotatable bonds is 7. The van der Waals surface area contributed by atoms with E-state index in [4.69, 9.17) is 16.3 Å². The van der Waals surface area contributed by atoms with Gasteiger partial charge in [-0.1, -0.05) is 25.5 Å². The number of halogens is 1. The van der Waals surface area contributed by atoms with Crippen molar-refractivity contribution in [3.05, 3.63) is 47.0 Å². The highest BCUT2D eigenvalue weighted by molar-refractivity contribution is 6.28. The highest BCUT2D eigenvalue weighted by atomic mass is 35.5. The van der Waals surface area contributed by atoms with E-state index in [1.165, 1.54) is 7.11 Å². The molecule has 26 heavy (non-hydrogen) atoms. The third-order valence-electron chi connectivity index (χ3n) is 3.99. The minimum absolute atomic E-state index is 0.180. The first-order valence-corrected chi connectivity index (χ1v) is 8.79. The van der Waals surface area contributed by atoms with Gasteiger partial charge in [-0.25, -0.2) is 9.78 Å². The van der Waals surface area contributed by atoms with Crippen LogP contribution in [0.5, 0.6) is 0 Å². The topological polar surface area (TPSA) is 81.9 Å². The van der Waals surface area contributed by atoms with E-state index in [0.717, 1.165) is 24.9 Å². The van der Waals surface area contributed by atoms with Crippen LogP contribution in [-0.4, -0.2) is 39.1 Å². The lowest BCUT2D eigenvalue weighted by Gasteiger charge is -2.08. The summed E-state index contributed by atoms with van der Waals surface area (Å²) in [5.74, 6) is 0.292. The van der Waals surface area contributed by atoms with Crippen molar-refractivity contribution in [1.29, 1.82) is 0 Å². The molecule has 2 heterocycles. The molecular formula is C18H20ClN5O2. The van der Waals surface area contributed by atoms with E-state index < -0.39 is 0 Å². The molecule has 0 radical (unpaired) electrons. The van der Waals surface area contributed by atoms with Gasteiger partial charge in [-0.3, -0.25) is 0 Å². The first-order chi connectivity index (χ1) is 12.6. The molecular weight excluding hydrogens is 354 g/mol. The zero-order chi connectivity index (χ0) is 18.5. The summed E-state index contributed by atoms with van der Waals surface area (Å²) in [6, 6.07) is 7.22. The Bertz CT molecular complexity index is 908. The van der Waals surface area contributed by atoms with E-state index in [-0.39, 0.29) is 11.3 Å². The fourth-order valence-corrected chi connectivity index (χ4v) is 2.77. The van der Waals surface area contributed by atoms with Gasteiger partial charge in [0.05, 0.1) is 25.5 Å². The Morgan fingerprint density at radius 3 is 2.73 bits per heavy atom. The third-order valence-corrected chi connectivity index (χ3v) is 4.16. The van der Waals surface area contributed by atoms with Gasteiger partial charge in [-0.15, -0.1) is 0 Å². The van der Waals surface area contributed by atoms with Crippen molar-refractivity contribution in [2.75, 3.05) is 19.0 Å². The SMILES string of the molecule is CCCCNc1nc(Cl)nc2c1ncn2Cc1ccc(C(=O)OC)cc1. The number of unbranched alkanes of at least 4 members (excludes halogenated alkanes) is 1. The molecule has 0 saturated heterocycles. The summed E-state index contributed by atoms with van der Waals surface area (Å²) >= 11 is 6.09. The van der Waals surface area contributed by atoms with Crippen molar-refractivity contribution in [3.63, 3.8) is 0 Å². The summed E-state index contributed by atoms with van der Waals surface area (Å²) in [6.07, 6.45) is 3.84. The van der Waals surface area contributed by atoms with Gasteiger partial charge in [0.25, 0.3) is 0 Å². The number of carbonyl (C=O) groups excluding carboxylic acids is 1. The maximum atomic E-state index is 11.5. The van der Waals surface area contributed by atoms with Crippen LogP contribution in [0.3, 0.4) is 0 Å². The van der Waals surface area contributed by atoms with Crippen molar-refractivity contribution in [3.8, 4) is 0 Å². The molecule has 1 aromatic carbocycles. The van der Waals surface area contributed by atoms with E-state index in [2.05, 4.69) is 27.2 Å². The molecule has 0 spiro atoms. The van der Waals surface area contributed by atoms with E-state index in [0.29, 0.717) is 29.1 Å². The van der Waals surface area contributed by atoms with Gasteiger partial charge < -0.3 is 14.6 Å². The molecule has 3 aromatic rings. The van der Waals surface area contributed by atoms with Crippen LogP contribution in [0.2, 0.25) is 5.28 Å². The highest BCUT2D eigenvalue weighted by Gasteiger charge is 2.13. The molecule has 0 unspecified atom stereocenters. The van der Waals surface area contributed by atoms with Crippen molar-refractivity contribution in [2.45, 2.75) is 26.3 Å². The van der Waals surface area contributed by atoms with Gasteiger partial charge >= 0.3 is 5.97 Å². The third kappa shape index (κ3) is 3.94. The van der Waals surface area contributed by atoms with Crippen LogP contribution >= 0.6 is 11.6 Å². The molecule has 0 aliphatic heterocycles. The predicted molar refractivity (Wildman–Crippen MR) is 101 cm³/mol. The van der Waals surface area contributed by atoms with E-state index in [1.54, 1.807) is 18.5 Å². The Morgan fingerprint density at radius 1 is 1.27 bits per heavy atom. The van der Waals surface area contributed by atoms with E-state index >= 15 is 0 Å². The van der Waals surface area contributed by atoms with E-state index in [9.17, 15) is 4.79 Å². The number of carbonyl (C=O) groups is 1. The Morgan fingerprint density at radius 2 is 2.04 bits per heavy atom. The second kappa shape index (κ2) is 8.14. The van der Waals surface area contributed by atoms with Crippen LogP contribution in [0, 0.1) is 0 Å². The zero-order valence-corrected chi connectivity index (χ0v) is 15.5. The fourth-order valence-electron chi connectivity index (χ4n) is 2.60. The second-order valence-electron chi connectivity index (χ2n) is 5.85. The lowest BCUT2D eigenvalue weighted by Crippen LogP contribution is -2.06. The Balaban J connectivity index is 1.85. The van der Waals surface area contributed by atoms with Crippen LogP contribution < -0.4 is 5.32 Å². The first-order valence-electron chi connectivity index (χ1n) is 8.42. The van der Waals surface area contributed by atoms with Crippen molar-refractivity contribution >= 4 is 34.6 Å². The van der Waals surface area contributed by atoms with Crippen molar-refractivity contribution < 1.29 is 9.53 Å². The smallest absolute Gasteiger partial charge is 0.337 e. The van der Waals surface area contributed by atoms with Gasteiger partial charge in [0.15, 0.2) is 17.0 Å². The van der Waals surface area contributed by atoms with Crippen LogP contribution in [0.4, 0.5) is 5.82 Å². The van der Waals surface area contributed by atoms with Gasteiger partial charge in [-0.05, 0) is 35.7 Å².